The third-order valence-corrected chi connectivity index (χ3v) is 6.28. The lowest BCUT2D eigenvalue weighted by atomic mass is 10.1. The Kier molecular flexibility index (Phi) is 6.28. The number of nitrogens with zero attached hydrogens (tertiary/aromatic N) is 2. The first-order chi connectivity index (χ1) is 17.1. The number of ether oxygens (including phenoxy) is 2. The molecule has 1 N–H and O–H groups in total. The number of hydrogen-bond donors (Lipinski definition) is 1. The number of amides is 1. The van der Waals surface area contributed by atoms with E-state index in [-0.39, 0.29) is 18.0 Å². The number of carbonyl (C=O) groups is 1. The molecule has 0 spiro atoms. The van der Waals surface area contributed by atoms with E-state index in [1.807, 2.05) is 60.0 Å². The topological polar surface area (TPSA) is 82.5 Å². The number of para-hydroxylation sites is 1. The van der Waals surface area contributed by atoms with Crippen LogP contribution in [-0.4, -0.2) is 22.6 Å². The Morgan fingerprint density at radius 3 is 2.34 bits per heavy atom. The lowest BCUT2D eigenvalue weighted by Crippen LogP contribution is -2.27. The van der Waals surface area contributed by atoms with Crippen molar-refractivity contribution < 1.29 is 14.3 Å². The summed E-state index contributed by atoms with van der Waals surface area (Å²) in [4.78, 5) is 30.9. The third-order valence-electron chi connectivity index (χ3n) is 5.39. The van der Waals surface area contributed by atoms with Crippen LogP contribution in [0, 0.1) is 0 Å². The number of carbonyl (C=O) groups excluding carboxylic acids is 1. The summed E-state index contributed by atoms with van der Waals surface area (Å²) in [5.41, 5.74) is 2.01. The minimum absolute atomic E-state index is 0.151. The fraction of sp³-hybridized carbons (Fsp3) is 0.0741. The zero-order valence-electron chi connectivity index (χ0n) is 18.8. The standard InChI is InChI=1S/C27H21N3O4S/c1-33-20-11-7-18(8-12-20)23-16-35-26-25(23)27(32)30(17-28-26)15-24(31)29-19-9-13-22(14-10-19)34-21-5-3-2-4-6-21/h2-14,16-17H,15H2,1H3,(H,29,31). The Bertz CT molecular complexity index is 1530. The summed E-state index contributed by atoms with van der Waals surface area (Å²) in [6, 6.07) is 24.0. The summed E-state index contributed by atoms with van der Waals surface area (Å²) >= 11 is 1.40. The van der Waals surface area contributed by atoms with Gasteiger partial charge in [-0.25, -0.2) is 4.98 Å². The Morgan fingerprint density at radius 2 is 1.63 bits per heavy atom. The van der Waals surface area contributed by atoms with Crippen LogP contribution in [0.3, 0.4) is 0 Å². The van der Waals surface area contributed by atoms with E-state index in [2.05, 4.69) is 10.3 Å². The van der Waals surface area contributed by atoms with Crippen molar-refractivity contribution in [2.45, 2.75) is 6.54 Å². The van der Waals surface area contributed by atoms with Gasteiger partial charge in [0, 0.05) is 16.6 Å². The molecule has 0 fully saturated rings. The van der Waals surface area contributed by atoms with Crippen molar-refractivity contribution >= 4 is 33.1 Å². The van der Waals surface area contributed by atoms with Gasteiger partial charge < -0.3 is 14.8 Å². The zero-order valence-corrected chi connectivity index (χ0v) is 19.6. The van der Waals surface area contributed by atoms with Gasteiger partial charge in [0.25, 0.3) is 5.56 Å². The van der Waals surface area contributed by atoms with Crippen molar-refractivity contribution in [1.29, 1.82) is 0 Å². The first kappa shape index (κ1) is 22.4. The van der Waals surface area contributed by atoms with Crippen LogP contribution in [-0.2, 0) is 11.3 Å². The van der Waals surface area contributed by atoms with E-state index in [1.54, 1.807) is 31.4 Å². The SMILES string of the molecule is COc1ccc(-c2csc3ncn(CC(=O)Nc4ccc(Oc5ccccc5)cc4)c(=O)c23)cc1. The number of methoxy groups -OCH3 is 1. The van der Waals surface area contributed by atoms with Gasteiger partial charge in [0.1, 0.15) is 28.6 Å². The Hall–Kier alpha value is -4.43. The number of aromatic nitrogens is 2. The molecule has 35 heavy (non-hydrogen) atoms. The highest BCUT2D eigenvalue weighted by molar-refractivity contribution is 7.17. The van der Waals surface area contributed by atoms with Gasteiger partial charge in [-0.15, -0.1) is 11.3 Å². The van der Waals surface area contributed by atoms with Crippen LogP contribution in [0.5, 0.6) is 17.2 Å². The molecule has 2 heterocycles. The van der Waals surface area contributed by atoms with E-state index < -0.39 is 0 Å². The molecule has 5 rings (SSSR count). The number of benzene rings is 3. The van der Waals surface area contributed by atoms with Crippen molar-refractivity contribution in [2.75, 3.05) is 12.4 Å². The van der Waals surface area contributed by atoms with Crippen LogP contribution in [0.15, 0.2) is 95.4 Å². The highest BCUT2D eigenvalue weighted by Gasteiger charge is 2.15. The van der Waals surface area contributed by atoms with Gasteiger partial charge in [-0.2, -0.15) is 0 Å². The van der Waals surface area contributed by atoms with Crippen LogP contribution >= 0.6 is 11.3 Å². The van der Waals surface area contributed by atoms with E-state index in [9.17, 15) is 9.59 Å². The molecule has 0 radical (unpaired) electrons. The fourth-order valence-corrected chi connectivity index (χ4v) is 4.56. The van der Waals surface area contributed by atoms with Gasteiger partial charge in [0.05, 0.1) is 18.8 Å². The zero-order chi connectivity index (χ0) is 24.2. The van der Waals surface area contributed by atoms with Gasteiger partial charge in [-0.05, 0) is 54.1 Å². The van der Waals surface area contributed by atoms with E-state index >= 15 is 0 Å². The molecule has 2 aromatic heterocycles. The quantitative estimate of drug-likeness (QED) is 0.328. The van der Waals surface area contributed by atoms with Gasteiger partial charge in [-0.1, -0.05) is 30.3 Å². The van der Waals surface area contributed by atoms with Crippen molar-refractivity contribution in [3.05, 3.63) is 101 Å². The first-order valence-electron chi connectivity index (χ1n) is 10.8. The van der Waals surface area contributed by atoms with Gasteiger partial charge in [0.2, 0.25) is 5.91 Å². The number of anilines is 1. The second-order valence-corrected chi connectivity index (χ2v) is 8.58. The molecule has 0 unspecified atom stereocenters. The first-order valence-corrected chi connectivity index (χ1v) is 11.7. The van der Waals surface area contributed by atoms with Gasteiger partial charge >= 0.3 is 0 Å². The number of rotatable bonds is 7. The molecule has 0 atom stereocenters. The molecular formula is C27H21N3O4S. The smallest absolute Gasteiger partial charge is 0.263 e. The summed E-state index contributed by atoms with van der Waals surface area (Å²) in [7, 11) is 1.61. The minimum atomic E-state index is -0.328. The summed E-state index contributed by atoms with van der Waals surface area (Å²) < 4.78 is 12.3. The molecule has 0 aliphatic heterocycles. The van der Waals surface area contributed by atoms with Crippen molar-refractivity contribution in [2.24, 2.45) is 0 Å². The highest BCUT2D eigenvalue weighted by atomic mass is 32.1. The van der Waals surface area contributed by atoms with Crippen LogP contribution in [0.25, 0.3) is 21.3 Å². The maximum absolute atomic E-state index is 13.2. The lowest BCUT2D eigenvalue weighted by molar-refractivity contribution is -0.116. The molecule has 174 valence electrons. The third kappa shape index (κ3) is 4.92. The second kappa shape index (κ2) is 9.82. The van der Waals surface area contributed by atoms with Gasteiger partial charge in [0.15, 0.2) is 0 Å². The maximum Gasteiger partial charge on any atom is 0.263 e. The molecule has 0 aliphatic carbocycles. The molecule has 0 saturated carbocycles. The summed E-state index contributed by atoms with van der Waals surface area (Å²) in [5.74, 6) is 1.80. The number of hydrogen-bond acceptors (Lipinski definition) is 6. The molecule has 0 aliphatic rings. The minimum Gasteiger partial charge on any atom is -0.497 e. The Labute approximate surface area is 205 Å². The summed E-state index contributed by atoms with van der Waals surface area (Å²) in [6.45, 7) is -0.151. The fourth-order valence-electron chi connectivity index (χ4n) is 3.65. The average Bonchev–Trinajstić information content (AvgIpc) is 3.33. The molecule has 8 heteroatoms. The number of thiophene rings is 1. The molecule has 5 aromatic rings. The Balaban J connectivity index is 1.31. The van der Waals surface area contributed by atoms with Crippen LogP contribution < -0.4 is 20.3 Å². The molecule has 0 bridgehead atoms. The predicted octanol–water partition coefficient (Wildman–Crippen LogP) is 5.56. The Morgan fingerprint density at radius 1 is 0.943 bits per heavy atom. The molecular weight excluding hydrogens is 462 g/mol. The summed E-state index contributed by atoms with van der Waals surface area (Å²) in [5, 5.41) is 5.22. The maximum atomic E-state index is 13.2. The second-order valence-electron chi connectivity index (χ2n) is 7.72. The number of nitrogens with one attached hydrogen (secondary N) is 1. The average molecular weight is 484 g/mol. The normalized spacial score (nSPS) is 10.8. The van der Waals surface area contributed by atoms with Crippen LogP contribution in [0.4, 0.5) is 5.69 Å². The lowest BCUT2D eigenvalue weighted by Gasteiger charge is -2.09. The largest absolute Gasteiger partial charge is 0.497 e. The summed E-state index contributed by atoms with van der Waals surface area (Å²) in [6.07, 6.45) is 1.41. The van der Waals surface area contributed by atoms with E-state index in [4.69, 9.17) is 9.47 Å². The van der Waals surface area contributed by atoms with Crippen molar-refractivity contribution in [1.82, 2.24) is 9.55 Å². The van der Waals surface area contributed by atoms with Crippen LogP contribution in [0.2, 0.25) is 0 Å². The predicted molar refractivity (Wildman–Crippen MR) is 137 cm³/mol. The van der Waals surface area contributed by atoms with E-state index in [0.29, 0.717) is 21.7 Å². The molecule has 1 amide bonds. The van der Waals surface area contributed by atoms with Crippen LogP contribution in [0.1, 0.15) is 0 Å². The van der Waals surface area contributed by atoms with Crippen molar-refractivity contribution in [3.8, 4) is 28.4 Å². The molecule has 0 saturated heterocycles. The highest BCUT2D eigenvalue weighted by Crippen LogP contribution is 2.31. The van der Waals surface area contributed by atoms with Crippen molar-refractivity contribution in [3.63, 3.8) is 0 Å². The molecule has 3 aromatic carbocycles. The molecule has 7 nitrogen and oxygen atoms in total. The monoisotopic (exact) mass is 483 g/mol. The van der Waals surface area contributed by atoms with E-state index in [0.717, 1.165) is 22.6 Å². The van der Waals surface area contributed by atoms with E-state index in [1.165, 1.54) is 22.2 Å². The van der Waals surface area contributed by atoms with Gasteiger partial charge in [-0.3, -0.25) is 14.2 Å². The number of fused-ring (bicyclic) bond motifs is 1.